The van der Waals surface area contributed by atoms with Crippen LogP contribution in [0.3, 0.4) is 0 Å². The lowest BCUT2D eigenvalue weighted by molar-refractivity contribution is -0.247. The van der Waals surface area contributed by atoms with Crippen LogP contribution in [0.25, 0.3) is 21.5 Å². The van der Waals surface area contributed by atoms with Crippen molar-refractivity contribution in [3.05, 3.63) is 60.2 Å². The zero-order valence-corrected chi connectivity index (χ0v) is 13.3. The summed E-state index contributed by atoms with van der Waals surface area (Å²) in [6, 6.07) is 18.6. The molecule has 1 fully saturated rings. The first kappa shape index (κ1) is 15.5. The van der Waals surface area contributed by atoms with Crippen molar-refractivity contribution < 1.29 is 19.7 Å². The van der Waals surface area contributed by atoms with Crippen molar-refractivity contribution in [1.82, 2.24) is 0 Å². The molecule has 1 saturated heterocycles. The van der Waals surface area contributed by atoms with Gasteiger partial charge in [-0.05, 0) is 27.6 Å². The van der Waals surface area contributed by atoms with E-state index < -0.39 is 11.7 Å². The molecule has 0 bridgehead atoms. The lowest BCUT2D eigenvalue weighted by Gasteiger charge is -2.37. The van der Waals surface area contributed by atoms with Gasteiger partial charge in [0.1, 0.15) is 0 Å². The third-order valence-corrected chi connectivity index (χ3v) is 4.81. The Labute approximate surface area is 140 Å². The molecule has 1 heterocycles. The molecule has 3 aromatic rings. The van der Waals surface area contributed by atoms with Crippen LogP contribution in [0.4, 0.5) is 0 Å². The van der Waals surface area contributed by atoms with Crippen LogP contribution in [0.5, 0.6) is 0 Å². The zero-order chi connectivity index (χ0) is 16.6. The average Bonchev–Trinajstić information content (AvgIpc) is 2.67. The van der Waals surface area contributed by atoms with E-state index in [0.717, 1.165) is 16.3 Å². The Morgan fingerprint density at radius 1 is 0.833 bits per heavy atom. The summed E-state index contributed by atoms with van der Waals surface area (Å²) in [4.78, 5) is 0. The summed E-state index contributed by atoms with van der Waals surface area (Å²) < 4.78 is 11.8. The molecule has 1 aliphatic heterocycles. The highest BCUT2D eigenvalue weighted by molar-refractivity contribution is 6.09. The van der Waals surface area contributed by atoms with Crippen LogP contribution >= 0.6 is 0 Å². The fraction of sp³-hybridized carbons (Fsp3) is 0.300. The summed E-state index contributed by atoms with van der Waals surface area (Å²) >= 11 is 0. The molecule has 4 nitrogen and oxygen atoms in total. The second-order valence-corrected chi connectivity index (χ2v) is 6.50. The minimum absolute atomic E-state index is 0.158. The number of aliphatic hydroxyl groups is 2. The summed E-state index contributed by atoms with van der Waals surface area (Å²) in [6.07, 6.45) is -0.495. The lowest BCUT2D eigenvalue weighted by atomic mass is 9.91. The Kier molecular flexibility index (Phi) is 3.98. The largest absolute Gasteiger partial charge is 0.396 e. The molecule has 0 amide bonds. The minimum Gasteiger partial charge on any atom is -0.396 e. The molecule has 0 atom stereocenters. The van der Waals surface area contributed by atoms with Gasteiger partial charge in [-0.1, -0.05) is 48.5 Å². The van der Waals surface area contributed by atoms with Crippen LogP contribution in [0.2, 0.25) is 0 Å². The quantitative estimate of drug-likeness (QED) is 0.727. The topological polar surface area (TPSA) is 58.9 Å². The van der Waals surface area contributed by atoms with Gasteiger partial charge < -0.3 is 19.7 Å². The van der Waals surface area contributed by atoms with Gasteiger partial charge >= 0.3 is 0 Å². The second kappa shape index (κ2) is 6.15. The van der Waals surface area contributed by atoms with Crippen molar-refractivity contribution in [3.63, 3.8) is 0 Å². The molecule has 0 aromatic heterocycles. The monoisotopic (exact) mass is 324 g/mol. The van der Waals surface area contributed by atoms with Gasteiger partial charge in [-0.3, -0.25) is 0 Å². The normalized spacial score (nSPS) is 18.2. The van der Waals surface area contributed by atoms with Gasteiger partial charge in [0.15, 0.2) is 6.29 Å². The first-order valence-electron chi connectivity index (χ1n) is 8.12. The van der Waals surface area contributed by atoms with Gasteiger partial charge in [0, 0.05) is 5.56 Å². The van der Waals surface area contributed by atoms with Crippen molar-refractivity contribution in [2.45, 2.75) is 6.29 Å². The van der Waals surface area contributed by atoms with Gasteiger partial charge in [0.25, 0.3) is 0 Å². The van der Waals surface area contributed by atoms with Gasteiger partial charge in [-0.2, -0.15) is 0 Å². The van der Waals surface area contributed by atoms with E-state index in [9.17, 15) is 10.2 Å². The zero-order valence-electron chi connectivity index (χ0n) is 13.3. The van der Waals surface area contributed by atoms with E-state index in [1.807, 2.05) is 24.3 Å². The molecule has 2 N–H and O–H groups in total. The molecular formula is C20H20O4. The van der Waals surface area contributed by atoms with Crippen LogP contribution < -0.4 is 0 Å². The highest BCUT2D eigenvalue weighted by Crippen LogP contribution is 2.37. The average molecular weight is 324 g/mol. The van der Waals surface area contributed by atoms with E-state index in [1.165, 1.54) is 10.8 Å². The Morgan fingerprint density at radius 3 is 2.08 bits per heavy atom. The minimum atomic E-state index is -0.719. The Balaban J connectivity index is 1.79. The summed E-state index contributed by atoms with van der Waals surface area (Å²) in [5.41, 5.74) is 0.261. The number of ether oxygens (including phenoxy) is 2. The number of aliphatic hydroxyl groups excluding tert-OH is 2. The maximum Gasteiger partial charge on any atom is 0.184 e. The number of benzene rings is 3. The van der Waals surface area contributed by atoms with Crippen LogP contribution in [0, 0.1) is 5.41 Å². The molecule has 24 heavy (non-hydrogen) atoms. The van der Waals surface area contributed by atoms with E-state index in [2.05, 4.69) is 30.3 Å². The van der Waals surface area contributed by atoms with E-state index in [0.29, 0.717) is 0 Å². The van der Waals surface area contributed by atoms with Crippen LogP contribution in [-0.4, -0.2) is 36.6 Å². The second-order valence-electron chi connectivity index (χ2n) is 6.50. The Morgan fingerprint density at radius 2 is 1.42 bits per heavy atom. The maximum atomic E-state index is 9.49. The first-order chi connectivity index (χ1) is 11.8. The van der Waals surface area contributed by atoms with Crippen molar-refractivity contribution in [3.8, 4) is 0 Å². The predicted molar refractivity (Wildman–Crippen MR) is 92.7 cm³/mol. The number of hydrogen-bond donors (Lipinski definition) is 2. The van der Waals surface area contributed by atoms with E-state index >= 15 is 0 Å². The molecule has 4 rings (SSSR count). The van der Waals surface area contributed by atoms with Crippen molar-refractivity contribution >= 4 is 21.5 Å². The van der Waals surface area contributed by atoms with Gasteiger partial charge in [0.05, 0.1) is 31.8 Å². The van der Waals surface area contributed by atoms with E-state index in [4.69, 9.17) is 9.47 Å². The molecule has 0 radical (unpaired) electrons. The summed E-state index contributed by atoms with van der Waals surface area (Å²) in [7, 11) is 0. The maximum absolute atomic E-state index is 9.49. The summed E-state index contributed by atoms with van der Waals surface area (Å²) in [5, 5.41) is 23.6. The molecule has 0 aliphatic carbocycles. The standard InChI is InChI=1S/C20H20O4/c21-10-20(11-22)12-23-19(24-13-20)18-9-14-5-1-2-6-15(14)16-7-3-4-8-17(16)18/h1-9,19,21-22H,10-13H2. The molecule has 0 saturated carbocycles. The smallest absolute Gasteiger partial charge is 0.184 e. The van der Waals surface area contributed by atoms with E-state index in [-0.39, 0.29) is 26.4 Å². The van der Waals surface area contributed by atoms with Gasteiger partial charge in [-0.25, -0.2) is 0 Å². The van der Waals surface area contributed by atoms with Crippen LogP contribution in [0.1, 0.15) is 11.9 Å². The summed E-state index contributed by atoms with van der Waals surface area (Å²) in [5.74, 6) is 0. The fourth-order valence-corrected chi connectivity index (χ4v) is 3.28. The highest BCUT2D eigenvalue weighted by Gasteiger charge is 2.37. The van der Waals surface area contributed by atoms with Crippen molar-refractivity contribution in [2.24, 2.45) is 5.41 Å². The first-order valence-corrected chi connectivity index (χ1v) is 8.12. The van der Waals surface area contributed by atoms with Crippen molar-refractivity contribution in [2.75, 3.05) is 26.4 Å². The SMILES string of the molecule is OCC1(CO)COC(c2cc3ccccc3c3ccccc23)OC1. The fourth-order valence-electron chi connectivity index (χ4n) is 3.28. The molecule has 1 aliphatic rings. The molecule has 3 aromatic carbocycles. The third-order valence-electron chi connectivity index (χ3n) is 4.81. The molecular weight excluding hydrogens is 304 g/mol. The molecule has 4 heteroatoms. The highest BCUT2D eigenvalue weighted by atomic mass is 16.7. The van der Waals surface area contributed by atoms with Gasteiger partial charge in [0.2, 0.25) is 0 Å². The number of fused-ring (bicyclic) bond motifs is 3. The van der Waals surface area contributed by atoms with Crippen LogP contribution in [-0.2, 0) is 9.47 Å². The third kappa shape index (κ3) is 2.48. The molecule has 0 spiro atoms. The Bertz CT molecular complexity index is 860. The van der Waals surface area contributed by atoms with Crippen LogP contribution in [0.15, 0.2) is 54.6 Å². The summed E-state index contributed by atoms with van der Waals surface area (Å²) in [6.45, 7) is 0.223. The lowest BCUT2D eigenvalue weighted by Crippen LogP contribution is -2.44. The predicted octanol–water partition coefficient (Wildman–Crippen LogP) is 3.01. The molecule has 124 valence electrons. The number of rotatable bonds is 3. The van der Waals surface area contributed by atoms with E-state index in [1.54, 1.807) is 0 Å². The molecule has 0 unspecified atom stereocenters. The van der Waals surface area contributed by atoms with Crippen molar-refractivity contribution in [1.29, 1.82) is 0 Å². The van der Waals surface area contributed by atoms with Gasteiger partial charge in [-0.15, -0.1) is 0 Å². The number of hydrogen-bond acceptors (Lipinski definition) is 4. The Hall–Kier alpha value is -1.98.